The third-order valence-corrected chi connectivity index (χ3v) is 2.49. The van der Waals surface area contributed by atoms with Gasteiger partial charge in [-0.05, 0) is 38.5 Å². The summed E-state index contributed by atoms with van der Waals surface area (Å²) >= 11 is 5.76. The summed E-state index contributed by atoms with van der Waals surface area (Å²) in [5, 5.41) is 20.5. The first-order chi connectivity index (χ1) is 6.71. The van der Waals surface area contributed by atoms with E-state index >= 15 is 0 Å². The molecule has 0 amide bonds. The SMILES string of the molecule is CC(C)(O)C[C@@](C)(O)c1ccc(Cl)cc1. The minimum atomic E-state index is -1.04. The highest BCUT2D eigenvalue weighted by Gasteiger charge is 2.30. The van der Waals surface area contributed by atoms with Crippen LogP contribution in [-0.2, 0) is 5.60 Å². The Balaban J connectivity index is 2.90. The largest absolute Gasteiger partial charge is 0.390 e. The number of hydrogen-bond donors (Lipinski definition) is 2. The molecule has 1 aromatic rings. The Hall–Kier alpha value is -0.570. The summed E-state index contributed by atoms with van der Waals surface area (Å²) in [6, 6.07) is 7.01. The predicted molar refractivity (Wildman–Crippen MR) is 61.9 cm³/mol. The summed E-state index contributed by atoms with van der Waals surface area (Å²) in [7, 11) is 0. The van der Waals surface area contributed by atoms with Crippen LogP contribution in [0.2, 0.25) is 5.02 Å². The van der Waals surface area contributed by atoms with Crippen molar-refractivity contribution in [3.8, 4) is 0 Å². The van der Waals surface area contributed by atoms with E-state index < -0.39 is 11.2 Å². The monoisotopic (exact) mass is 228 g/mol. The highest BCUT2D eigenvalue weighted by molar-refractivity contribution is 6.30. The van der Waals surface area contributed by atoms with Gasteiger partial charge < -0.3 is 10.2 Å². The molecule has 1 aromatic carbocycles. The molecule has 2 N–H and O–H groups in total. The van der Waals surface area contributed by atoms with Crippen LogP contribution in [0.15, 0.2) is 24.3 Å². The Kier molecular flexibility index (Phi) is 3.44. The van der Waals surface area contributed by atoms with Crippen LogP contribution in [0.1, 0.15) is 32.8 Å². The summed E-state index contributed by atoms with van der Waals surface area (Å²) in [6.45, 7) is 5.04. The Morgan fingerprint density at radius 1 is 1.07 bits per heavy atom. The fourth-order valence-electron chi connectivity index (χ4n) is 1.75. The molecule has 0 aliphatic heterocycles. The molecule has 0 bridgehead atoms. The molecule has 15 heavy (non-hydrogen) atoms. The van der Waals surface area contributed by atoms with E-state index in [9.17, 15) is 10.2 Å². The standard InChI is InChI=1S/C12H17ClO2/c1-11(2,14)8-12(3,15)9-4-6-10(13)7-5-9/h4-7,14-15H,8H2,1-3H3/t12-/m1/s1. The van der Waals surface area contributed by atoms with Gasteiger partial charge in [-0.25, -0.2) is 0 Å². The molecule has 3 heteroatoms. The Morgan fingerprint density at radius 3 is 1.93 bits per heavy atom. The molecular formula is C12H17ClO2. The maximum atomic E-state index is 10.2. The van der Waals surface area contributed by atoms with Crippen LogP contribution in [0, 0.1) is 0 Å². The van der Waals surface area contributed by atoms with Crippen molar-refractivity contribution in [1.82, 2.24) is 0 Å². The second-order valence-corrected chi connectivity index (χ2v) is 5.21. The average Bonchev–Trinajstić information content (AvgIpc) is 2.00. The maximum Gasteiger partial charge on any atom is 0.0895 e. The zero-order valence-electron chi connectivity index (χ0n) is 9.29. The van der Waals surface area contributed by atoms with Crippen molar-refractivity contribution in [3.63, 3.8) is 0 Å². The van der Waals surface area contributed by atoms with Gasteiger partial charge in [-0.1, -0.05) is 23.7 Å². The first-order valence-corrected chi connectivity index (χ1v) is 5.29. The van der Waals surface area contributed by atoms with E-state index in [1.54, 1.807) is 45.0 Å². The molecule has 0 saturated heterocycles. The Bertz CT molecular complexity index is 322. The van der Waals surface area contributed by atoms with Crippen LogP contribution in [0.4, 0.5) is 0 Å². The van der Waals surface area contributed by atoms with Crippen molar-refractivity contribution in [3.05, 3.63) is 34.9 Å². The summed E-state index contributed by atoms with van der Waals surface area (Å²) in [5.74, 6) is 0. The summed E-state index contributed by atoms with van der Waals surface area (Å²) in [4.78, 5) is 0. The smallest absolute Gasteiger partial charge is 0.0895 e. The van der Waals surface area contributed by atoms with Gasteiger partial charge in [0.15, 0.2) is 0 Å². The summed E-state index contributed by atoms with van der Waals surface area (Å²) < 4.78 is 0. The second-order valence-electron chi connectivity index (χ2n) is 4.77. The minimum Gasteiger partial charge on any atom is -0.390 e. The lowest BCUT2D eigenvalue weighted by Crippen LogP contribution is -2.33. The van der Waals surface area contributed by atoms with Crippen molar-refractivity contribution >= 4 is 11.6 Å². The fourth-order valence-corrected chi connectivity index (χ4v) is 1.88. The molecule has 0 spiro atoms. The molecule has 0 heterocycles. The van der Waals surface area contributed by atoms with E-state index in [2.05, 4.69) is 0 Å². The predicted octanol–water partition coefficient (Wildman–Crippen LogP) is 2.71. The van der Waals surface area contributed by atoms with Gasteiger partial charge in [-0.2, -0.15) is 0 Å². The van der Waals surface area contributed by atoms with Crippen LogP contribution in [0.5, 0.6) is 0 Å². The van der Waals surface area contributed by atoms with Gasteiger partial charge in [0.25, 0.3) is 0 Å². The van der Waals surface area contributed by atoms with Crippen molar-refractivity contribution in [2.24, 2.45) is 0 Å². The number of aliphatic hydroxyl groups is 2. The number of halogens is 1. The van der Waals surface area contributed by atoms with Crippen molar-refractivity contribution in [1.29, 1.82) is 0 Å². The average molecular weight is 229 g/mol. The zero-order chi connectivity index (χ0) is 11.7. The molecule has 1 atom stereocenters. The number of hydrogen-bond acceptors (Lipinski definition) is 2. The van der Waals surface area contributed by atoms with Crippen LogP contribution in [-0.4, -0.2) is 15.8 Å². The van der Waals surface area contributed by atoms with Crippen LogP contribution in [0.25, 0.3) is 0 Å². The van der Waals surface area contributed by atoms with Crippen molar-refractivity contribution < 1.29 is 10.2 Å². The normalized spacial score (nSPS) is 16.1. The molecule has 1 rings (SSSR count). The van der Waals surface area contributed by atoms with Gasteiger partial charge in [0, 0.05) is 11.4 Å². The van der Waals surface area contributed by atoms with Crippen LogP contribution in [0.3, 0.4) is 0 Å². The third kappa shape index (κ3) is 3.82. The lowest BCUT2D eigenvalue weighted by molar-refractivity contribution is -0.0390. The van der Waals surface area contributed by atoms with Crippen LogP contribution >= 0.6 is 11.6 Å². The Labute approximate surface area is 95.5 Å². The van der Waals surface area contributed by atoms with Gasteiger partial charge in [0.1, 0.15) is 0 Å². The molecule has 0 saturated carbocycles. The van der Waals surface area contributed by atoms with E-state index in [-0.39, 0.29) is 6.42 Å². The second kappa shape index (κ2) is 4.12. The quantitative estimate of drug-likeness (QED) is 0.835. The van der Waals surface area contributed by atoms with Crippen molar-refractivity contribution in [2.75, 3.05) is 0 Å². The molecule has 0 unspecified atom stereocenters. The lowest BCUT2D eigenvalue weighted by Gasteiger charge is -2.30. The molecule has 2 nitrogen and oxygen atoms in total. The fraction of sp³-hybridized carbons (Fsp3) is 0.500. The van der Waals surface area contributed by atoms with E-state index in [1.807, 2.05) is 0 Å². The molecule has 0 aliphatic carbocycles. The topological polar surface area (TPSA) is 40.5 Å². The van der Waals surface area contributed by atoms with Gasteiger partial charge in [-0.3, -0.25) is 0 Å². The molecule has 0 aliphatic rings. The van der Waals surface area contributed by atoms with Crippen LogP contribution < -0.4 is 0 Å². The van der Waals surface area contributed by atoms with E-state index in [0.717, 1.165) is 5.56 Å². The van der Waals surface area contributed by atoms with Gasteiger partial charge >= 0.3 is 0 Å². The number of rotatable bonds is 3. The van der Waals surface area contributed by atoms with E-state index in [0.29, 0.717) is 5.02 Å². The third-order valence-electron chi connectivity index (χ3n) is 2.24. The number of benzene rings is 1. The maximum absolute atomic E-state index is 10.2. The highest BCUT2D eigenvalue weighted by Crippen LogP contribution is 2.30. The molecular weight excluding hydrogens is 212 g/mol. The molecule has 0 aromatic heterocycles. The summed E-state index contributed by atoms with van der Waals surface area (Å²) in [5.41, 5.74) is -1.18. The van der Waals surface area contributed by atoms with E-state index in [4.69, 9.17) is 11.6 Å². The molecule has 84 valence electrons. The van der Waals surface area contributed by atoms with Gasteiger partial charge in [0.05, 0.1) is 11.2 Å². The highest BCUT2D eigenvalue weighted by atomic mass is 35.5. The molecule has 0 fully saturated rings. The minimum absolute atomic E-state index is 0.279. The van der Waals surface area contributed by atoms with E-state index in [1.165, 1.54) is 0 Å². The lowest BCUT2D eigenvalue weighted by atomic mass is 9.85. The van der Waals surface area contributed by atoms with Gasteiger partial charge in [0.2, 0.25) is 0 Å². The first kappa shape index (κ1) is 12.5. The zero-order valence-corrected chi connectivity index (χ0v) is 10.0. The summed E-state index contributed by atoms with van der Waals surface area (Å²) in [6.07, 6.45) is 0.279. The molecule has 0 radical (unpaired) electrons. The van der Waals surface area contributed by atoms with Crippen molar-refractivity contribution in [2.45, 2.75) is 38.4 Å². The van der Waals surface area contributed by atoms with Gasteiger partial charge in [-0.15, -0.1) is 0 Å². The Morgan fingerprint density at radius 2 is 1.53 bits per heavy atom. The first-order valence-electron chi connectivity index (χ1n) is 4.91.